The predicted molar refractivity (Wildman–Crippen MR) is 204 cm³/mol. The van der Waals surface area contributed by atoms with E-state index in [0.717, 1.165) is 0 Å². The minimum Gasteiger partial charge on any atom is -0.394 e. The minimum atomic E-state index is -2.18. The second-order valence-corrected chi connectivity index (χ2v) is 17.1. The summed E-state index contributed by atoms with van der Waals surface area (Å²) in [6, 6.07) is 0. The van der Waals surface area contributed by atoms with Crippen molar-refractivity contribution in [3.63, 3.8) is 0 Å². The van der Waals surface area contributed by atoms with E-state index >= 15 is 0 Å². The summed E-state index contributed by atoms with van der Waals surface area (Å²) < 4.78 is 66.0. The molecule has 0 radical (unpaired) electrons. The van der Waals surface area contributed by atoms with Crippen LogP contribution in [0.25, 0.3) is 0 Å². The van der Waals surface area contributed by atoms with Crippen molar-refractivity contribution in [2.45, 2.75) is 185 Å². The van der Waals surface area contributed by atoms with Gasteiger partial charge in [-0.3, -0.25) is 0 Å². The molecule has 0 aromatic heterocycles. The van der Waals surface area contributed by atoms with Crippen LogP contribution >= 0.6 is 0 Å². The zero-order valence-electron chi connectivity index (χ0n) is 36.2. The van der Waals surface area contributed by atoms with Crippen molar-refractivity contribution in [1.29, 1.82) is 0 Å². The smallest absolute Gasteiger partial charge is 0.222 e. The van der Waals surface area contributed by atoms with Crippen molar-refractivity contribution < 1.29 is 154 Å². The molecule has 0 aliphatic carbocycles. The molecule has 6 fully saturated rings. The van der Waals surface area contributed by atoms with Gasteiger partial charge in [-0.2, -0.15) is 0 Å². The summed E-state index contributed by atoms with van der Waals surface area (Å²) in [6.07, 6.45) is -53.1. The Kier molecular flexibility index (Phi) is 19.9. The third-order valence-electron chi connectivity index (χ3n) is 12.8. The average molecular weight is 1000 g/mol. The van der Waals surface area contributed by atoms with Crippen LogP contribution in [-0.2, 0) is 61.7 Å². The molecule has 6 rings (SSSR count). The molecule has 6 aliphatic heterocycles. The van der Waals surface area contributed by atoms with Gasteiger partial charge in [0, 0.05) is 13.0 Å². The maximum absolute atomic E-state index is 11.2. The van der Waals surface area contributed by atoms with Crippen LogP contribution in [0.4, 0.5) is 0 Å². The molecule has 30 atom stereocenters. The summed E-state index contributed by atoms with van der Waals surface area (Å²) >= 11 is 0. The number of aliphatic hydroxyl groups excluding tert-OH is 17. The van der Waals surface area contributed by atoms with Crippen molar-refractivity contribution in [1.82, 2.24) is 0 Å². The second kappa shape index (κ2) is 24.2. The molecule has 30 unspecified atom stereocenters. The van der Waals surface area contributed by atoms with E-state index in [1.54, 1.807) is 0 Å². The van der Waals surface area contributed by atoms with Gasteiger partial charge < -0.3 is 144 Å². The lowest BCUT2D eigenvalue weighted by Crippen LogP contribution is -2.68. The molecule has 0 aromatic carbocycles. The summed E-state index contributed by atoms with van der Waals surface area (Å²) in [5, 5.41) is 190. The third kappa shape index (κ3) is 11.3. The normalized spacial score (nSPS) is 52.8. The molecule has 0 saturated carbocycles. The molecule has 68 heavy (non-hydrogen) atoms. The van der Waals surface area contributed by atoms with Crippen molar-refractivity contribution in [3.8, 4) is 0 Å². The Morgan fingerprint density at radius 2 is 0.559 bits per heavy atom. The number of ether oxygens (including phenoxy) is 12. The van der Waals surface area contributed by atoms with E-state index in [1.165, 1.54) is 14.0 Å². The van der Waals surface area contributed by atoms with Crippen molar-refractivity contribution in [2.24, 2.45) is 5.92 Å². The van der Waals surface area contributed by atoms with Gasteiger partial charge in [-0.25, -0.2) is 10.1 Å². The van der Waals surface area contributed by atoms with Crippen LogP contribution in [-0.4, -0.2) is 311 Å². The zero-order valence-corrected chi connectivity index (χ0v) is 36.2. The van der Waals surface area contributed by atoms with E-state index in [9.17, 15) is 92.1 Å². The first-order chi connectivity index (χ1) is 32.3. The Balaban J connectivity index is 1.07. The van der Waals surface area contributed by atoms with E-state index in [0.29, 0.717) is 0 Å². The first-order valence-electron chi connectivity index (χ1n) is 21.5. The van der Waals surface area contributed by atoms with Gasteiger partial charge in [0.05, 0.1) is 45.2 Å². The zero-order chi connectivity index (χ0) is 50.0. The number of rotatable bonds is 17. The van der Waals surface area contributed by atoms with Crippen LogP contribution in [0.1, 0.15) is 6.92 Å². The molecule has 0 aromatic rings. The van der Waals surface area contributed by atoms with Crippen LogP contribution in [0.5, 0.6) is 0 Å². The highest BCUT2D eigenvalue weighted by atomic mass is 17.1. The topological polar surface area (TPSA) is 484 Å². The second-order valence-electron chi connectivity index (χ2n) is 17.1. The van der Waals surface area contributed by atoms with Crippen molar-refractivity contribution in [3.05, 3.63) is 0 Å². The summed E-state index contributed by atoms with van der Waals surface area (Å²) in [7, 11) is 1.17. The van der Waals surface area contributed by atoms with Crippen LogP contribution in [0.3, 0.4) is 0 Å². The largest absolute Gasteiger partial charge is 0.394 e. The predicted octanol–water partition coefficient (Wildman–Crippen LogP) is -11.7. The van der Waals surface area contributed by atoms with Gasteiger partial charge in [-0.15, -0.1) is 0 Å². The Hall–Kier alpha value is -1.24. The Bertz CT molecular complexity index is 1510. The fraction of sp³-hybridized carbons (Fsp3) is 1.00. The molecule has 31 heteroatoms. The molecule has 6 heterocycles. The Morgan fingerprint density at radius 1 is 0.309 bits per heavy atom. The highest BCUT2D eigenvalue weighted by Gasteiger charge is 2.57. The lowest BCUT2D eigenvalue weighted by Gasteiger charge is -2.49. The maximum Gasteiger partial charge on any atom is 0.222 e. The van der Waals surface area contributed by atoms with E-state index in [1.807, 2.05) is 0 Å². The molecular weight excluding hydrogens is 940 g/mol. The molecule has 398 valence electrons. The van der Waals surface area contributed by atoms with Crippen LogP contribution < -0.4 is 0 Å². The summed E-state index contributed by atoms with van der Waals surface area (Å²) in [5.74, 6) is -0.766. The van der Waals surface area contributed by atoms with E-state index in [2.05, 4.69) is 4.89 Å². The summed E-state index contributed by atoms with van der Waals surface area (Å²) in [4.78, 5) is 4.26. The van der Waals surface area contributed by atoms with Gasteiger partial charge >= 0.3 is 0 Å². The number of methoxy groups -OCH3 is 1. The highest BCUT2D eigenvalue weighted by molar-refractivity contribution is 4.99. The molecular formula is C37H64O31. The van der Waals surface area contributed by atoms with Crippen LogP contribution in [0.2, 0.25) is 0 Å². The van der Waals surface area contributed by atoms with Gasteiger partial charge in [0.1, 0.15) is 122 Å². The maximum atomic E-state index is 11.2. The molecule has 0 amide bonds. The number of hydrogen-bond donors (Lipinski definition) is 18. The summed E-state index contributed by atoms with van der Waals surface area (Å²) in [6.45, 7) is -2.90. The average Bonchev–Trinajstić information content (AvgIpc) is 3.33. The molecule has 6 aliphatic rings. The Morgan fingerprint density at radius 3 is 0.868 bits per heavy atom. The van der Waals surface area contributed by atoms with E-state index in [-0.39, 0.29) is 0 Å². The monoisotopic (exact) mass is 1000 g/mol. The van der Waals surface area contributed by atoms with Gasteiger partial charge in [0.2, 0.25) is 6.29 Å². The van der Waals surface area contributed by atoms with Gasteiger partial charge in [-0.1, -0.05) is 6.92 Å². The molecule has 6 saturated heterocycles. The van der Waals surface area contributed by atoms with E-state index in [4.69, 9.17) is 56.8 Å². The van der Waals surface area contributed by atoms with Crippen molar-refractivity contribution >= 4 is 0 Å². The quantitative estimate of drug-likeness (QED) is 0.0475. The molecule has 31 nitrogen and oxygen atoms in total. The first-order valence-corrected chi connectivity index (χ1v) is 21.5. The highest BCUT2D eigenvalue weighted by Crippen LogP contribution is 2.37. The first kappa shape index (κ1) is 56.1. The van der Waals surface area contributed by atoms with Gasteiger partial charge in [0.15, 0.2) is 37.7 Å². The Labute approximate surface area is 385 Å². The lowest BCUT2D eigenvalue weighted by atomic mass is 9.91. The van der Waals surface area contributed by atoms with Gasteiger partial charge in [-0.05, 0) is 0 Å². The fourth-order valence-electron chi connectivity index (χ4n) is 8.73. The van der Waals surface area contributed by atoms with Crippen LogP contribution in [0.15, 0.2) is 0 Å². The van der Waals surface area contributed by atoms with Crippen molar-refractivity contribution in [2.75, 3.05) is 40.1 Å². The fourth-order valence-corrected chi connectivity index (χ4v) is 8.73. The lowest BCUT2D eigenvalue weighted by molar-refractivity contribution is -0.453. The standard InChI is InChI=1S/C37H64O31/c1-8-9(3-38)57-32(20(49)14(8)43)66-30-19(48)25(54)36(67-37(30)68-55)65-29-13(7-42)61-35(24(53)18(29)47)64-28-12(6-41)60-34(23(52)17(28)46)63-27-11(5-40)59-33(22(51)16(27)45)62-26-10(4-39)58-31(56-2)21(50)15(26)44/h8-55H,3-7H2,1-2H3. The van der Waals surface area contributed by atoms with E-state index < -0.39 is 217 Å². The SMILES string of the molecule is COC1OC(CO)C(OC2OC(CO)C(OC3OC(CO)C(OC4OC(CO)C(OC5OC(OO)C(OC6OC(CO)C(C)C(O)C6O)C(O)C5O)C(O)C4O)C(O)C3O)C(O)C2O)C(O)C1O. The number of hydrogen-bond acceptors (Lipinski definition) is 31. The van der Waals surface area contributed by atoms with Crippen LogP contribution in [0, 0.1) is 5.92 Å². The molecule has 18 N–H and O–H groups in total. The summed E-state index contributed by atoms with van der Waals surface area (Å²) in [5.41, 5.74) is 0. The molecule has 0 bridgehead atoms. The third-order valence-corrected chi connectivity index (χ3v) is 12.8. The minimum absolute atomic E-state index is 0.609. The number of aliphatic hydroxyl groups is 17. The van der Waals surface area contributed by atoms with Gasteiger partial charge in [0.25, 0.3) is 0 Å². The molecule has 0 spiro atoms.